The van der Waals surface area contributed by atoms with Gasteiger partial charge in [-0.2, -0.15) is 0 Å². The van der Waals surface area contributed by atoms with Crippen LogP contribution in [0.25, 0.3) is 0 Å². The number of rotatable bonds is 5. The minimum absolute atomic E-state index is 0.219. The lowest BCUT2D eigenvalue weighted by atomic mass is 10.2. The van der Waals surface area contributed by atoms with Crippen molar-refractivity contribution in [2.24, 2.45) is 0 Å². The Bertz CT molecular complexity index is 649. The highest BCUT2D eigenvalue weighted by Gasteiger charge is 2.15. The molecular weight excluding hydrogens is 268 g/mol. The maximum absolute atomic E-state index is 12.3. The van der Waals surface area contributed by atoms with Gasteiger partial charge < -0.3 is 10.3 Å². The molecule has 0 unspecified atom stereocenters. The van der Waals surface area contributed by atoms with E-state index < -0.39 is 0 Å². The largest absolute Gasteiger partial charge is 0.397 e. The summed E-state index contributed by atoms with van der Waals surface area (Å²) in [6, 6.07) is 1.63. The first-order valence-electron chi connectivity index (χ1n) is 7.08. The maximum Gasteiger partial charge on any atom is 0.274 e. The van der Waals surface area contributed by atoms with Gasteiger partial charge >= 0.3 is 0 Å². The van der Waals surface area contributed by atoms with E-state index in [1.54, 1.807) is 16.8 Å². The second-order valence-electron chi connectivity index (χ2n) is 4.63. The number of nitrogens with two attached hydrogens (primary N) is 1. The summed E-state index contributed by atoms with van der Waals surface area (Å²) in [5, 5.41) is 10.7. The Balaban J connectivity index is 2.23. The monoisotopic (exact) mass is 288 g/mol. The van der Waals surface area contributed by atoms with Crippen LogP contribution in [0.1, 0.15) is 42.6 Å². The molecule has 3 N–H and O–H groups in total. The standard InChI is InChI=1S/C14H20N6O/c1-4-10-11(5-2)18-19-14(16-10)17-13(21)12-7-9(15)8-20(12)6-3/h7-8H,4-6,15H2,1-3H3,(H,16,17,19,21). The van der Waals surface area contributed by atoms with Crippen LogP contribution in [0, 0.1) is 0 Å². The fourth-order valence-corrected chi connectivity index (χ4v) is 2.14. The number of aromatic nitrogens is 4. The van der Waals surface area contributed by atoms with Crippen molar-refractivity contribution >= 4 is 17.5 Å². The quantitative estimate of drug-likeness (QED) is 0.871. The molecule has 2 aromatic heterocycles. The number of carbonyl (C=O) groups excluding carboxylic acids is 1. The Morgan fingerprint density at radius 1 is 1.24 bits per heavy atom. The van der Waals surface area contributed by atoms with Crippen molar-refractivity contribution in [3.05, 3.63) is 29.3 Å². The van der Waals surface area contributed by atoms with Crippen LogP contribution in [-0.4, -0.2) is 25.7 Å². The smallest absolute Gasteiger partial charge is 0.274 e. The topological polar surface area (TPSA) is 98.7 Å². The van der Waals surface area contributed by atoms with Crippen molar-refractivity contribution in [1.29, 1.82) is 0 Å². The van der Waals surface area contributed by atoms with Gasteiger partial charge in [-0.05, 0) is 25.8 Å². The molecule has 7 nitrogen and oxygen atoms in total. The predicted octanol–water partition coefficient (Wildman–Crippen LogP) is 1.65. The molecule has 0 saturated heterocycles. The lowest BCUT2D eigenvalue weighted by Crippen LogP contribution is -2.19. The van der Waals surface area contributed by atoms with Gasteiger partial charge in [0.1, 0.15) is 5.69 Å². The summed E-state index contributed by atoms with van der Waals surface area (Å²) in [6.07, 6.45) is 3.25. The molecule has 2 rings (SSSR count). The second kappa shape index (κ2) is 6.34. The third-order valence-corrected chi connectivity index (χ3v) is 3.23. The third kappa shape index (κ3) is 3.18. The van der Waals surface area contributed by atoms with E-state index >= 15 is 0 Å². The van der Waals surface area contributed by atoms with Crippen LogP contribution in [0.15, 0.2) is 12.3 Å². The second-order valence-corrected chi connectivity index (χ2v) is 4.63. The Hall–Kier alpha value is -2.44. The van der Waals surface area contributed by atoms with E-state index in [1.807, 2.05) is 20.8 Å². The van der Waals surface area contributed by atoms with Gasteiger partial charge in [-0.25, -0.2) is 4.98 Å². The summed E-state index contributed by atoms with van der Waals surface area (Å²) >= 11 is 0. The summed E-state index contributed by atoms with van der Waals surface area (Å²) in [7, 11) is 0. The van der Waals surface area contributed by atoms with Gasteiger partial charge in [0.25, 0.3) is 5.91 Å². The lowest BCUT2D eigenvalue weighted by Gasteiger charge is -2.08. The summed E-state index contributed by atoms with van der Waals surface area (Å²) < 4.78 is 1.78. The van der Waals surface area contributed by atoms with Crippen LogP contribution in [0.3, 0.4) is 0 Å². The molecular formula is C14H20N6O. The van der Waals surface area contributed by atoms with Crippen molar-refractivity contribution < 1.29 is 4.79 Å². The normalized spacial score (nSPS) is 10.6. The zero-order valence-electron chi connectivity index (χ0n) is 12.6. The maximum atomic E-state index is 12.3. The van der Waals surface area contributed by atoms with Crippen molar-refractivity contribution in [3.63, 3.8) is 0 Å². The molecule has 0 fully saturated rings. The SMILES string of the molecule is CCc1nnc(NC(=O)c2cc(N)cn2CC)nc1CC. The van der Waals surface area contributed by atoms with Crippen LogP contribution >= 0.6 is 0 Å². The van der Waals surface area contributed by atoms with Crippen LogP contribution < -0.4 is 11.1 Å². The van der Waals surface area contributed by atoms with Gasteiger partial charge in [0.05, 0.1) is 17.1 Å². The number of hydrogen-bond acceptors (Lipinski definition) is 5. The van der Waals surface area contributed by atoms with Crippen molar-refractivity contribution in [3.8, 4) is 0 Å². The molecule has 7 heteroatoms. The lowest BCUT2D eigenvalue weighted by molar-refractivity contribution is 0.101. The summed E-state index contributed by atoms with van der Waals surface area (Å²) in [4.78, 5) is 16.6. The molecule has 21 heavy (non-hydrogen) atoms. The minimum atomic E-state index is -0.290. The summed E-state index contributed by atoms with van der Waals surface area (Å²) in [5.41, 5.74) is 8.47. The van der Waals surface area contributed by atoms with Gasteiger partial charge in [-0.3, -0.25) is 10.1 Å². The molecule has 112 valence electrons. The van der Waals surface area contributed by atoms with E-state index in [0.29, 0.717) is 17.9 Å². The first-order valence-corrected chi connectivity index (χ1v) is 7.08. The van der Waals surface area contributed by atoms with E-state index in [-0.39, 0.29) is 11.9 Å². The minimum Gasteiger partial charge on any atom is -0.397 e. The fraction of sp³-hybridized carbons (Fsp3) is 0.429. The third-order valence-electron chi connectivity index (χ3n) is 3.23. The molecule has 0 saturated carbocycles. The summed E-state index contributed by atoms with van der Waals surface area (Å²) in [6.45, 7) is 6.60. The molecule has 0 radical (unpaired) electrons. The van der Waals surface area contributed by atoms with Crippen LogP contribution in [0.5, 0.6) is 0 Å². The molecule has 0 aliphatic rings. The van der Waals surface area contributed by atoms with Gasteiger partial charge in [0.2, 0.25) is 5.95 Å². The highest BCUT2D eigenvalue weighted by Crippen LogP contribution is 2.13. The van der Waals surface area contributed by atoms with E-state index in [4.69, 9.17) is 5.73 Å². The number of hydrogen-bond donors (Lipinski definition) is 2. The fourth-order valence-electron chi connectivity index (χ4n) is 2.14. The molecule has 0 atom stereocenters. The van der Waals surface area contributed by atoms with Gasteiger partial charge in [-0.15, -0.1) is 10.2 Å². The molecule has 0 aromatic carbocycles. The van der Waals surface area contributed by atoms with Crippen LogP contribution in [0.4, 0.5) is 11.6 Å². The van der Waals surface area contributed by atoms with Crippen molar-refractivity contribution in [2.75, 3.05) is 11.1 Å². The van der Waals surface area contributed by atoms with E-state index in [2.05, 4.69) is 20.5 Å². The molecule has 0 aliphatic carbocycles. The van der Waals surface area contributed by atoms with Crippen LogP contribution in [-0.2, 0) is 19.4 Å². The zero-order valence-corrected chi connectivity index (χ0v) is 12.6. The molecule has 0 bridgehead atoms. The number of carbonyl (C=O) groups is 1. The molecule has 1 amide bonds. The van der Waals surface area contributed by atoms with E-state index in [9.17, 15) is 4.79 Å². The highest BCUT2D eigenvalue weighted by molar-refractivity contribution is 6.02. The average Bonchev–Trinajstić information content (AvgIpc) is 2.88. The van der Waals surface area contributed by atoms with E-state index in [1.165, 1.54) is 0 Å². The highest BCUT2D eigenvalue weighted by atomic mass is 16.2. The van der Waals surface area contributed by atoms with Crippen LogP contribution in [0.2, 0.25) is 0 Å². The Kier molecular flexibility index (Phi) is 4.52. The molecule has 2 heterocycles. The van der Waals surface area contributed by atoms with Gasteiger partial charge in [-0.1, -0.05) is 13.8 Å². The predicted molar refractivity (Wildman–Crippen MR) is 81.1 cm³/mol. The number of amides is 1. The van der Waals surface area contributed by atoms with E-state index in [0.717, 1.165) is 24.2 Å². The molecule has 0 spiro atoms. The number of nitrogens with one attached hydrogen (secondary N) is 1. The molecule has 0 aliphatic heterocycles. The van der Waals surface area contributed by atoms with Gasteiger partial charge in [0.15, 0.2) is 0 Å². The zero-order chi connectivity index (χ0) is 15.4. The number of nitrogen functional groups attached to an aromatic ring is 1. The summed E-state index contributed by atoms with van der Waals surface area (Å²) in [5.74, 6) is -0.0712. The Morgan fingerprint density at radius 3 is 2.57 bits per heavy atom. The molecule has 2 aromatic rings. The first-order chi connectivity index (χ1) is 10.1. The number of anilines is 2. The Morgan fingerprint density at radius 2 is 1.95 bits per heavy atom. The van der Waals surface area contributed by atoms with Crippen molar-refractivity contribution in [1.82, 2.24) is 19.7 Å². The number of aryl methyl sites for hydroxylation is 3. The Labute approximate surface area is 123 Å². The number of nitrogens with zero attached hydrogens (tertiary/aromatic N) is 4. The average molecular weight is 288 g/mol. The van der Waals surface area contributed by atoms with Crippen molar-refractivity contribution in [2.45, 2.75) is 40.2 Å². The van der Waals surface area contributed by atoms with Gasteiger partial charge in [0, 0.05) is 12.7 Å². The first kappa shape index (κ1) is 15.0.